The molecule has 1 amide bonds. The first kappa shape index (κ1) is 16.0. The molecule has 5 nitrogen and oxygen atoms in total. The highest BCUT2D eigenvalue weighted by molar-refractivity contribution is 7.88. The Balaban J connectivity index is 2.23. The van der Waals surface area contributed by atoms with Crippen molar-refractivity contribution < 1.29 is 13.2 Å². The Labute approximate surface area is 126 Å². The van der Waals surface area contributed by atoms with Gasteiger partial charge in [0.2, 0.25) is 15.9 Å². The molecule has 0 bridgehead atoms. The fraction of sp³-hybridized carbons (Fsp3) is 0.533. The number of benzene rings is 1. The molecular weight excluding hydrogens is 288 g/mol. The first-order valence-corrected chi connectivity index (χ1v) is 9.08. The Morgan fingerprint density at radius 1 is 1.43 bits per heavy atom. The normalized spacial score (nSPS) is 20.0. The molecule has 1 aliphatic rings. The summed E-state index contributed by atoms with van der Waals surface area (Å²) in [6, 6.07) is 7.42. The average Bonchev–Trinajstić information content (AvgIpc) is 2.43. The van der Waals surface area contributed by atoms with Crippen molar-refractivity contribution >= 4 is 15.9 Å². The van der Waals surface area contributed by atoms with Crippen molar-refractivity contribution in [3.05, 3.63) is 35.4 Å². The second kappa shape index (κ2) is 6.15. The number of rotatable bonds is 4. The molecule has 2 rings (SSSR count). The molecule has 0 saturated heterocycles. The van der Waals surface area contributed by atoms with E-state index in [9.17, 15) is 13.2 Å². The van der Waals surface area contributed by atoms with E-state index in [4.69, 9.17) is 0 Å². The predicted octanol–water partition coefficient (Wildman–Crippen LogP) is 1.46. The van der Waals surface area contributed by atoms with Crippen LogP contribution in [0.4, 0.5) is 0 Å². The minimum Gasteiger partial charge on any atom is -0.334 e. The number of sulfonamides is 1. The molecule has 1 aromatic rings. The van der Waals surface area contributed by atoms with E-state index in [2.05, 4.69) is 16.9 Å². The summed E-state index contributed by atoms with van der Waals surface area (Å²) >= 11 is 0. The second-order valence-corrected chi connectivity index (χ2v) is 7.30. The highest BCUT2D eigenvalue weighted by Crippen LogP contribution is 2.32. The first-order chi connectivity index (χ1) is 9.83. The summed E-state index contributed by atoms with van der Waals surface area (Å²) in [5, 5.41) is 0. The van der Waals surface area contributed by atoms with Crippen LogP contribution in [0.5, 0.6) is 0 Å². The smallest absolute Gasteiger partial charge is 0.240 e. The van der Waals surface area contributed by atoms with Crippen LogP contribution in [0.25, 0.3) is 0 Å². The fourth-order valence-corrected chi connectivity index (χ4v) is 3.72. The first-order valence-electron chi connectivity index (χ1n) is 7.19. The lowest BCUT2D eigenvalue weighted by Gasteiger charge is -2.38. The van der Waals surface area contributed by atoms with E-state index >= 15 is 0 Å². The van der Waals surface area contributed by atoms with E-state index in [-0.39, 0.29) is 11.9 Å². The van der Waals surface area contributed by atoms with Crippen molar-refractivity contribution in [2.45, 2.75) is 38.8 Å². The molecule has 0 saturated carbocycles. The molecular formula is C15H22N2O3S. The minimum atomic E-state index is -3.39. The summed E-state index contributed by atoms with van der Waals surface area (Å²) in [4.78, 5) is 14.4. The van der Waals surface area contributed by atoms with Gasteiger partial charge in [-0.2, -0.15) is 0 Å². The van der Waals surface area contributed by atoms with E-state index in [0.29, 0.717) is 6.54 Å². The third-order valence-corrected chi connectivity index (χ3v) is 4.63. The van der Waals surface area contributed by atoms with E-state index in [1.165, 1.54) is 11.1 Å². The number of fused-ring (bicyclic) bond motifs is 1. The quantitative estimate of drug-likeness (QED) is 0.915. The predicted molar refractivity (Wildman–Crippen MR) is 82.3 cm³/mol. The molecule has 0 radical (unpaired) electrons. The Morgan fingerprint density at radius 2 is 2.10 bits per heavy atom. The largest absolute Gasteiger partial charge is 0.334 e. The van der Waals surface area contributed by atoms with E-state index in [0.717, 1.165) is 19.1 Å². The van der Waals surface area contributed by atoms with Crippen molar-refractivity contribution in [1.29, 1.82) is 0 Å². The van der Waals surface area contributed by atoms with Crippen LogP contribution < -0.4 is 4.72 Å². The molecule has 1 aromatic carbocycles. The van der Waals surface area contributed by atoms with Crippen LogP contribution in [-0.4, -0.2) is 38.1 Å². The van der Waals surface area contributed by atoms with E-state index in [1.54, 1.807) is 11.8 Å². The molecule has 21 heavy (non-hydrogen) atoms. The van der Waals surface area contributed by atoms with Gasteiger partial charge >= 0.3 is 0 Å². The highest BCUT2D eigenvalue weighted by atomic mass is 32.2. The van der Waals surface area contributed by atoms with Crippen LogP contribution >= 0.6 is 0 Å². The average molecular weight is 310 g/mol. The van der Waals surface area contributed by atoms with E-state index in [1.807, 2.05) is 19.1 Å². The monoisotopic (exact) mass is 310 g/mol. The Hall–Kier alpha value is -1.40. The molecule has 2 atom stereocenters. The van der Waals surface area contributed by atoms with Crippen molar-refractivity contribution in [1.82, 2.24) is 9.62 Å². The second-order valence-electron chi connectivity index (χ2n) is 5.52. The maximum absolute atomic E-state index is 12.6. The number of nitrogens with zero attached hydrogens (tertiary/aromatic N) is 1. The SMILES string of the molecule is CCC1c2ccccc2CCN1C(=O)C(C)NS(C)(=O)=O. The summed E-state index contributed by atoms with van der Waals surface area (Å²) in [7, 11) is -3.39. The molecule has 1 N–H and O–H groups in total. The number of hydrogen-bond donors (Lipinski definition) is 1. The molecule has 1 heterocycles. The zero-order chi connectivity index (χ0) is 15.6. The van der Waals surface area contributed by atoms with Gasteiger partial charge in [-0.15, -0.1) is 0 Å². The zero-order valence-electron chi connectivity index (χ0n) is 12.7. The Bertz CT molecular complexity index is 628. The van der Waals surface area contributed by atoms with Gasteiger partial charge in [0.1, 0.15) is 0 Å². The molecule has 6 heteroatoms. The van der Waals surface area contributed by atoms with Gasteiger partial charge in [0.15, 0.2) is 0 Å². The number of amides is 1. The van der Waals surface area contributed by atoms with Crippen molar-refractivity contribution in [3.8, 4) is 0 Å². The van der Waals surface area contributed by atoms with E-state index < -0.39 is 16.1 Å². The number of carbonyl (C=O) groups is 1. The van der Waals surface area contributed by atoms with Gasteiger partial charge in [-0.25, -0.2) is 13.1 Å². The maximum Gasteiger partial charge on any atom is 0.240 e. The molecule has 116 valence electrons. The molecule has 0 spiro atoms. The van der Waals surface area contributed by atoms with Crippen LogP contribution in [-0.2, 0) is 21.2 Å². The Kier molecular flexibility index (Phi) is 4.68. The van der Waals surface area contributed by atoms with Gasteiger partial charge in [-0.1, -0.05) is 31.2 Å². The van der Waals surface area contributed by atoms with Gasteiger partial charge in [-0.05, 0) is 30.9 Å². The molecule has 1 aliphatic heterocycles. The lowest BCUT2D eigenvalue weighted by Crippen LogP contribution is -2.49. The van der Waals surface area contributed by atoms with Crippen LogP contribution in [0.15, 0.2) is 24.3 Å². The third kappa shape index (κ3) is 3.63. The summed E-state index contributed by atoms with van der Waals surface area (Å²) < 4.78 is 25.0. The standard InChI is InChI=1S/C15H22N2O3S/c1-4-14-13-8-6-5-7-12(13)9-10-17(14)15(18)11(2)16-21(3,19)20/h5-8,11,14,16H,4,9-10H2,1-3H3. The van der Waals surface area contributed by atoms with Crippen molar-refractivity contribution in [2.24, 2.45) is 0 Å². The van der Waals surface area contributed by atoms with Crippen molar-refractivity contribution in [3.63, 3.8) is 0 Å². The van der Waals surface area contributed by atoms with Gasteiger partial charge in [0.25, 0.3) is 0 Å². The molecule has 0 fully saturated rings. The number of nitrogens with one attached hydrogen (secondary N) is 1. The van der Waals surface area contributed by atoms with Crippen molar-refractivity contribution in [2.75, 3.05) is 12.8 Å². The van der Waals surface area contributed by atoms with Gasteiger partial charge in [-0.3, -0.25) is 4.79 Å². The number of carbonyl (C=O) groups excluding carboxylic acids is 1. The lowest BCUT2D eigenvalue weighted by atomic mass is 9.90. The van der Waals surface area contributed by atoms with Crippen LogP contribution in [0.2, 0.25) is 0 Å². The third-order valence-electron chi connectivity index (χ3n) is 3.84. The molecule has 0 aliphatic carbocycles. The summed E-state index contributed by atoms with van der Waals surface area (Å²) in [6.45, 7) is 4.27. The number of hydrogen-bond acceptors (Lipinski definition) is 3. The van der Waals surface area contributed by atoms with Gasteiger partial charge in [0, 0.05) is 6.54 Å². The minimum absolute atomic E-state index is 0.0197. The van der Waals surface area contributed by atoms with Gasteiger partial charge in [0.05, 0.1) is 18.3 Å². The Morgan fingerprint density at radius 3 is 2.71 bits per heavy atom. The maximum atomic E-state index is 12.6. The molecule has 0 aromatic heterocycles. The highest BCUT2D eigenvalue weighted by Gasteiger charge is 2.32. The van der Waals surface area contributed by atoms with Crippen LogP contribution in [0.1, 0.15) is 37.4 Å². The van der Waals surface area contributed by atoms with Gasteiger partial charge < -0.3 is 4.90 Å². The lowest BCUT2D eigenvalue weighted by molar-refractivity contribution is -0.135. The zero-order valence-corrected chi connectivity index (χ0v) is 13.5. The van der Waals surface area contributed by atoms with Crippen LogP contribution in [0.3, 0.4) is 0 Å². The summed E-state index contributed by atoms with van der Waals surface area (Å²) in [6.07, 6.45) is 2.69. The summed E-state index contributed by atoms with van der Waals surface area (Å²) in [5.41, 5.74) is 2.45. The fourth-order valence-electron chi connectivity index (χ4n) is 2.98. The topological polar surface area (TPSA) is 66.5 Å². The summed E-state index contributed by atoms with van der Waals surface area (Å²) in [5.74, 6) is -0.165. The van der Waals surface area contributed by atoms with Crippen LogP contribution in [0, 0.1) is 0 Å². The molecule has 2 unspecified atom stereocenters.